The summed E-state index contributed by atoms with van der Waals surface area (Å²) in [5, 5.41) is 0. The van der Waals surface area contributed by atoms with Crippen molar-refractivity contribution in [2.24, 2.45) is 0 Å². The summed E-state index contributed by atoms with van der Waals surface area (Å²) in [7, 11) is 1.51. The fourth-order valence-corrected chi connectivity index (χ4v) is 1.10. The Labute approximate surface area is 58.8 Å². The zero-order valence-corrected chi connectivity index (χ0v) is 5.94. The van der Waals surface area contributed by atoms with Crippen molar-refractivity contribution in [3.05, 3.63) is 0 Å². The number of methoxy groups -OCH3 is 1. The van der Waals surface area contributed by atoms with Crippen molar-refractivity contribution in [3.8, 4) is 0 Å². The van der Waals surface area contributed by atoms with Gasteiger partial charge < -0.3 is 4.74 Å². The first kappa shape index (κ1) is 7.88. The number of rotatable bonds is 2. The molecule has 0 aromatic heterocycles. The fraction of sp³-hybridized carbons (Fsp3) is 1.00. The molecule has 10 heavy (non-hydrogen) atoms. The van der Waals surface area contributed by atoms with E-state index in [1.807, 2.05) is 0 Å². The molecule has 0 aromatic rings. The normalized spacial score (nSPS) is 25.5. The third-order valence-electron chi connectivity index (χ3n) is 1.56. The highest BCUT2D eigenvalue weighted by molar-refractivity contribution is 4.79. The van der Waals surface area contributed by atoms with Gasteiger partial charge in [0.2, 0.25) is 0 Å². The van der Waals surface area contributed by atoms with Crippen molar-refractivity contribution < 1.29 is 13.5 Å². The van der Waals surface area contributed by atoms with Gasteiger partial charge in [0.1, 0.15) is 0 Å². The fourth-order valence-electron chi connectivity index (χ4n) is 1.10. The highest BCUT2D eigenvalue weighted by atomic mass is 19.3. The maximum Gasteiger partial charge on any atom is 0.261 e. The topological polar surface area (TPSA) is 12.5 Å². The lowest BCUT2D eigenvalue weighted by molar-refractivity contribution is -0.00413. The lowest BCUT2D eigenvalue weighted by atomic mass is 10.3. The summed E-state index contributed by atoms with van der Waals surface area (Å²) in [6, 6.07) is 0. The molecular formula is C6H11F2NO. The number of hydrogen-bond acceptors (Lipinski definition) is 2. The molecule has 0 unspecified atom stereocenters. The van der Waals surface area contributed by atoms with E-state index < -0.39 is 5.92 Å². The van der Waals surface area contributed by atoms with E-state index in [0.29, 0.717) is 13.3 Å². The maximum atomic E-state index is 12.4. The number of ether oxygens (including phenoxy) is 1. The number of likely N-dealkylation sites (tertiary alicyclic amines) is 1. The van der Waals surface area contributed by atoms with Crippen molar-refractivity contribution in [1.82, 2.24) is 4.90 Å². The summed E-state index contributed by atoms with van der Waals surface area (Å²) in [5.41, 5.74) is 0. The minimum Gasteiger partial charge on any atom is -0.369 e. The summed E-state index contributed by atoms with van der Waals surface area (Å²) in [4.78, 5) is 1.60. The maximum absolute atomic E-state index is 12.4. The summed E-state index contributed by atoms with van der Waals surface area (Å²) in [6.07, 6.45) is -0.0314. The molecule has 0 amide bonds. The predicted octanol–water partition coefficient (Wildman–Crippen LogP) is 0.931. The minimum absolute atomic E-state index is 0.0314. The molecule has 0 radical (unpaired) electrons. The van der Waals surface area contributed by atoms with Gasteiger partial charge in [0.25, 0.3) is 5.92 Å². The number of hydrogen-bond donors (Lipinski definition) is 0. The zero-order chi connectivity index (χ0) is 7.61. The molecule has 0 N–H and O–H groups in total. The van der Waals surface area contributed by atoms with Crippen LogP contribution < -0.4 is 0 Å². The molecule has 60 valence electrons. The minimum atomic E-state index is -2.49. The van der Waals surface area contributed by atoms with E-state index in [2.05, 4.69) is 0 Å². The number of halogens is 2. The first-order valence-electron chi connectivity index (χ1n) is 3.23. The molecule has 1 aliphatic rings. The van der Waals surface area contributed by atoms with Crippen molar-refractivity contribution in [3.63, 3.8) is 0 Å². The Bertz CT molecular complexity index is 118. The Kier molecular flexibility index (Phi) is 2.21. The smallest absolute Gasteiger partial charge is 0.261 e. The van der Waals surface area contributed by atoms with Crippen LogP contribution in [-0.4, -0.2) is 37.8 Å². The van der Waals surface area contributed by atoms with Gasteiger partial charge in [-0.3, -0.25) is 4.90 Å². The van der Waals surface area contributed by atoms with Crippen molar-refractivity contribution >= 4 is 0 Å². The van der Waals surface area contributed by atoms with Crippen LogP contribution in [0.5, 0.6) is 0 Å². The average molecular weight is 151 g/mol. The average Bonchev–Trinajstić information content (AvgIpc) is 2.12. The molecule has 0 spiro atoms. The predicted molar refractivity (Wildman–Crippen MR) is 33.0 cm³/mol. The molecule has 1 rings (SSSR count). The SMILES string of the molecule is COCN1CCC(F)(F)C1. The summed E-state index contributed by atoms with van der Waals surface area (Å²) < 4.78 is 29.6. The first-order valence-corrected chi connectivity index (χ1v) is 3.23. The molecule has 0 saturated carbocycles. The molecule has 0 atom stereocenters. The lowest BCUT2D eigenvalue weighted by Crippen LogP contribution is -2.26. The Morgan fingerprint density at radius 2 is 2.30 bits per heavy atom. The first-order chi connectivity index (χ1) is 4.64. The molecule has 0 aromatic carbocycles. The van der Waals surface area contributed by atoms with Crippen molar-refractivity contribution in [2.75, 3.05) is 26.9 Å². The third kappa shape index (κ3) is 1.88. The summed E-state index contributed by atoms with van der Waals surface area (Å²) in [5.74, 6) is -2.49. The highest BCUT2D eigenvalue weighted by Crippen LogP contribution is 2.26. The molecule has 1 heterocycles. The second kappa shape index (κ2) is 2.80. The van der Waals surface area contributed by atoms with Gasteiger partial charge in [-0.2, -0.15) is 0 Å². The summed E-state index contributed by atoms with van der Waals surface area (Å²) in [6.45, 7) is 0.608. The monoisotopic (exact) mass is 151 g/mol. The quantitative estimate of drug-likeness (QED) is 0.582. The van der Waals surface area contributed by atoms with Crippen molar-refractivity contribution in [2.45, 2.75) is 12.3 Å². The lowest BCUT2D eigenvalue weighted by Gasteiger charge is -2.13. The third-order valence-corrected chi connectivity index (χ3v) is 1.56. The molecular weight excluding hydrogens is 140 g/mol. The van der Waals surface area contributed by atoms with Gasteiger partial charge in [0.05, 0.1) is 13.3 Å². The number of nitrogens with zero attached hydrogens (tertiary/aromatic N) is 1. The van der Waals surface area contributed by atoms with Crippen molar-refractivity contribution in [1.29, 1.82) is 0 Å². The Balaban J connectivity index is 2.29. The van der Waals surface area contributed by atoms with Crippen LogP contribution in [0.2, 0.25) is 0 Å². The standard InChI is InChI=1S/C6H11F2NO/c1-10-5-9-3-2-6(7,8)4-9/h2-5H2,1H3. The van der Waals surface area contributed by atoms with Gasteiger partial charge in [0, 0.05) is 20.1 Å². The van der Waals surface area contributed by atoms with E-state index in [9.17, 15) is 8.78 Å². The van der Waals surface area contributed by atoms with Crippen LogP contribution >= 0.6 is 0 Å². The summed E-state index contributed by atoms with van der Waals surface area (Å²) >= 11 is 0. The van der Waals surface area contributed by atoms with E-state index in [-0.39, 0.29) is 13.0 Å². The molecule has 4 heteroatoms. The molecule has 0 aliphatic carbocycles. The highest BCUT2D eigenvalue weighted by Gasteiger charge is 2.37. The number of alkyl halides is 2. The van der Waals surface area contributed by atoms with E-state index in [4.69, 9.17) is 4.74 Å². The molecule has 0 bridgehead atoms. The van der Waals surface area contributed by atoms with Gasteiger partial charge in [-0.25, -0.2) is 8.78 Å². The van der Waals surface area contributed by atoms with Crippen LogP contribution in [0.4, 0.5) is 8.78 Å². The van der Waals surface area contributed by atoms with Gasteiger partial charge in [0.15, 0.2) is 0 Å². The largest absolute Gasteiger partial charge is 0.369 e. The second-order valence-electron chi connectivity index (χ2n) is 2.58. The van der Waals surface area contributed by atoms with E-state index in [1.54, 1.807) is 4.90 Å². The molecule has 2 nitrogen and oxygen atoms in total. The van der Waals surface area contributed by atoms with Gasteiger partial charge in [-0.15, -0.1) is 0 Å². The van der Waals surface area contributed by atoms with Gasteiger partial charge in [-0.1, -0.05) is 0 Å². The van der Waals surface area contributed by atoms with Crippen LogP contribution in [0.25, 0.3) is 0 Å². The zero-order valence-electron chi connectivity index (χ0n) is 5.94. The Hall–Kier alpha value is -0.220. The molecule has 1 saturated heterocycles. The Morgan fingerprint density at radius 1 is 1.60 bits per heavy atom. The van der Waals surface area contributed by atoms with Gasteiger partial charge >= 0.3 is 0 Å². The van der Waals surface area contributed by atoms with Crippen LogP contribution in [0.1, 0.15) is 6.42 Å². The van der Waals surface area contributed by atoms with E-state index in [0.717, 1.165) is 0 Å². The van der Waals surface area contributed by atoms with Crippen LogP contribution in [-0.2, 0) is 4.74 Å². The van der Waals surface area contributed by atoms with E-state index >= 15 is 0 Å². The van der Waals surface area contributed by atoms with Crippen LogP contribution in [0.3, 0.4) is 0 Å². The van der Waals surface area contributed by atoms with Crippen LogP contribution in [0.15, 0.2) is 0 Å². The van der Waals surface area contributed by atoms with E-state index in [1.165, 1.54) is 7.11 Å². The molecule has 1 aliphatic heterocycles. The van der Waals surface area contributed by atoms with Gasteiger partial charge in [-0.05, 0) is 0 Å². The second-order valence-corrected chi connectivity index (χ2v) is 2.58. The van der Waals surface area contributed by atoms with Crippen LogP contribution in [0, 0.1) is 0 Å². The Morgan fingerprint density at radius 3 is 2.70 bits per heavy atom. The molecule has 1 fully saturated rings.